The number of hydrogen-bond donors (Lipinski definition) is 1. The van der Waals surface area contributed by atoms with Crippen LogP contribution in [0.2, 0.25) is 0 Å². The van der Waals surface area contributed by atoms with E-state index in [1.54, 1.807) is 0 Å². The SMILES string of the molecule is CCCCN1C(=O)c2ccccc2NC1(C)c1ccc(OCC)cc1. The van der Waals surface area contributed by atoms with Gasteiger partial charge in [-0.1, -0.05) is 37.6 Å². The van der Waals surface area contributed by atoms with Crippen molar-refractivity contribution in [1.82, 2.24) is 4.90 Å². The Labute approximate surface area is 149 Å². The first-order valence-corrected chi connectivity index (χ1v) is 9.02. The lowest BCUT2D eigenvalue weighted by Gasteiger charge is -2.47. The Morgan fingerprint density at radius 1 is 1.08 bits per heavy atom. The number of nitrogens with one attached hydrogen (secondary N) is 1. The molecular formula is C21H26N2O2. The molecule has 0 radical (unpaired) electrons. The first-order valence-electron chi connectivity index (χ1n) is 9.02. The monoisotopic (exact) mass is 338 g/mol. The van der Waals surface area contributed by atoms with E-state index in [1.165, 1.54) is 0 Å². The maximum Gasteiger partial charge on any atom is 0.258 e. The van der Waals surface area contributed by atoms with Crippen LogP contribution in [0.15, 0.2) is 48.5 Å². The summed E-state index contributed by atoms with van der Waals surface area (Å²) < 4.78 is 5.55. The third kappa shape index (κ3) is 3.21. The van der Waals surface area contributed by atoms with Crippen molar-refractivity contribution < 1.29 is 9.53 Å². The zero-order chi connectivity index (χ0) is 17.9. The van der Waals surface area contributed by atoms with Gasteiger partial charge in [0.2, 0.25) is 0 Å². The first kappa shape index (κ1) is 17.3. The summed E-state index contributed by atoms with van der Waals surface area (Å²) in [5, 5.41) is 3.59. The van der Waals surface area contributed by atoms with Gasteiger partial charge in [-0.15, -0.1) is 0 Å². The zero-order valence-electron chi connectivity index (χ0n) is 15.2. The summed E-state index contributed by atoms with van der Waals surface area (Å²) in [6, 6.07) is 15.7. The summed E-state index contributed by atoms with van der Waals surface area (Å²) >= 11 is 0. The summed E-state index contributed by atoms with van der Waals surface area (Å²) in [4.78, 5) is 15.1. The predicted octanol–water partition coefficient (Wildman–Crippen LogP) is 4.63. The van der Waals surface area contributed by atoms with Crippen molar-refractivity contribution in [2.24, 2.45) is 0 Å². The van der Waals surface area contributed by atoms with Crippen LogP contribution < -0.4 is 10.1 Å². The third-order valence-corrected chi connectivity index (χ3v) is 4.78. The minimum atomic E-state index is -0.578. The minimum Gasteiger partial charge on any atom is -0.494 e. The van der Waals surface area contributed by atoms with Crippen molar-refractivity contribution in [2.75, 3.05) is 18.5 Å². The molecule has 0 fully saturated rings. The number of carbonyl (C=O) groups is 1. The standard InChI is InChI=1S/C21H26N2O2/c1-4-6-15-23-20(24)18-9-7-8-10-19(18)22-21(23,3)16-11-13-17(14-12-16)25-5-2/h7-14,22H,4-6,15H2,1-3H3. The van der Waals surface area contributed by atoms with E-state index in [-0.39, 0.29) is 5.91 Å². The van der Waals surface area contributed by atoms with Gasteiger partial charge in [0.05, 0.1) is 12.2 Å². The smallest absolute Gasteiger partial charge is 0.258 e. The van der Waals surface area contributed by atoms with Gasteiger partial charge in [-0.3, -0.25) is 4.79 Å². The summed E-state index contributed by atoms with van der Waals surface area (Å²) in [5.74, 6) is 0.927. The zero-order valence-corrected chi connectivity index (χ0v) is 15.2. The lowest BCUT2D eigenvalue weighted by Crippen LogP contribution is -2.56. The molecule has 0 saturated carbocycles. The molecule has 1 aliphatic heterocycles. The van der Waals surface area contributed by atoms with Crippen LogP contribution in [-0.2, 0) is 5.66 Å². The fourth-order valence-electron chi connectivity index (χ4n) is 3.37. The number of benzene rings is 2. The van der Waals surface area contributed by atoms with Crippen LogP contribution in [0, 0.1) is 0 Å². The molecule has 1 unspecified atom stereocenters. The molecule has 1 aliphatic rings. The number of hydrogen-bond acceptors (Lipinski definition) is 3. The topological polar surface area (TPSA) is 41.6 Å². The maximum absolute atomic E-state index is 13.1. The Kier molecular flexibility index (Phi) is 4.98. The molecule has 1 heterocycles. The van der Waals surface area contributed by atoms with Gasteiger partial charge in [0, 0.05) is 12.2 Å². The molecule has 1 atom stereocenters. The van der Waals surface area contributed by atoms with Crippen LogP contribution in [0.5, 0.6) is 5.75 Å². The molecule has 1 amide bonds. The van der Waals surface area contributed by atoms with Gasteiger partial charge in [-0.05, 0) is 50.1 Å². The highest BCUT2D eigenvalue weighted by Gasteiger charge is 2.41. The second-order valence-corrected chi connectivity index (χ2v) is 6.51. The number of unbranched alkanes of at least 4 members (excludes halogenated alkanes) is 1. The molecule has 25 heavy (non-hydrogen) atoms. The second kappa shape index (κ2) is 7.18. The average molecular weight is 338 g/mol. The van der Waals surface area contributed by atoms with E-state index in [4.69, 9.17) is 4.74 Å². The molecule has 2 aromatic rings. The Morgan fingerprint density at radius 2 is 1.80 bits per heavy atom. The Balaban J connectivity index is 2.02. The van der Waals surface area contributed by atoms with Gasteiger partial charge in [0.1, 0.15) is 11.4 Å². The highest BCUT2D eigenvalue weighted by Crippen LogP contribution is 2.38. The fourth-order valence-corrected chi connectivity index (χ4v) is 3.37. The minimum absolute atomic E-state index is 0.0826. The second-order valence-electron chi connectivity index (χ2n) is 6.51. The van der Waals surface area contributed by atoms with E-state index in [9.17, 15) is 4.79 Å². The molecule has 2 aromatic carbocycles. The molecule has 3 rings (SSSR count). The number of para-hydroxylation sites is 1. The normalized spacial score (nSPS) is 19.3. The van der Waals surface area contributed by atoms with Crippen molar-refractivity contribution in [3.05, 3.63) is 59.7 Å². The molecule has 0 aliphatic carbocycles. The third-order valence-electron chi connectivity index (χ3n) is 4.78. The number of amides is 1. The lowest BCUT2D eigenvalue weighted by atomic mass is 9.93. The van der Waals surface area contributed by atoms with Crippen LogP contribution in [0.1, 0.15) is 49.5 Å². The number of fused-ring (bicyclic) bond motifs is 1. The summed E-state index contributed by atoms with van der Waals surface area (Å²) in [7, 11) is 0. The Hall–Kier alpha value is -2.49. The average Bonchev–Trinajstić information content (AvgIpc) is 2.62. The van der Waals surface area contributed by atoms with Crippen molar-refractivity contribution in [1.29, 1.82) is 0 Å². The van der Waals surface area contributed by atoms with Gasteiger partial charge >= 0.3 is 0 Å². The van der Waals surface area contributed by atoms with Crippen LogP contribution in [0.3, 0.4) is 0 Å². The Morgan fingerprint density at radius 3 is 2.48 bits per heavy atom. The summed E-state index contributed by atoms with van der Waals surface area (Å²) in [6.07, 6.45) is 2.02. The van der Waals surface area contributed by atoms with Gasteiger partial charge in [0.15, 0.2) is 0 Å². The van der Waals surface area contributed by atoms with Gasteiger partial charge in [0.25, 0.3) is 5.91 Å². The number of ether oxygens (including phenoxy) is 1. The van der Waals surface area contributed by atoms with E-state index >= 15 is 0 Å². The lowest BCUT2D eigenvalue weighted by molar-refractivity contribution is 0.0531. The molecule has 4 heteroatoms. The van der Waals surface area contributed by atoms with Crippen molar-refractivity contribution >= 4 is 11.6 Å². The first-order chi connectivity index (χ1) is 12.1. The Bertz CT molecular complexity index is 742. The summed E-state index contributed by atoms with van der Waals surface area (Å²) in [6.45, 7) is 7.56. The molecule has 1 N–H and O–H groups in total. The quantitative estimate of drug-likeness (QED) is 0.835. The van der Waals surface area contributed by atoms with Gasteiger partial charge < -0.3 is 15.0 Å². The predicted molar refractivity (Wildman–Crippen MR) is 101 cm³/mol. The van der Waals surface area contributed by atoms with E-state index in [2.05, 4.69) is 19.2 Å². The van der Waals surface area contributed by atoms with E-state index in [1.807, 2.05) is 60.4 Å². The van der Waals surface area contributed by atoms with E-state index < -0.39 is 5.66 Å². The molecule has 0 aromatic heterocycles. The van der Waals surface area contributed by atoms with Crippen molar-refractivity contribution in [2.45, 2.75) is 39.3 Å². The van der Waals surface area contributed by atoms with Crippen molar-refractivity contribution in [3.8, 4) is 5.75 Å². The fraction of sp³-hybridized carbons (Fsp3) is 0.381. The number of carbonyl (C=O) groups excluding carboxylic acids is 1. The van der Waals surface area contributed by atoms with Gasteiger partial charge in [-0.25, -0.2) is 0 Å². The molecule has 132 valence electrons. The molecular weight excluding hydrogens is 312 g/mol. The van der Waals surface area contributed by atoms with Crippen LogP contribution in [-0.4, -0.2) is 24.0 Å². The summed E-state index contributed by atoms with van der Waals surface area (Å²) in [5.41, 5.74) is 2.10. The van der Waals surface area contributed by atoms with Crippen LogP contribution in [0.25, 0.3) is 0 Å². The highest BCUT2D eigenvalue weighted by molar-refractivity contribution is 6.02. The van der Waals surface area contributed by atoms with Gasteiger partial charge in [-0.2, -0.15) is 0 Å². The van der Waals surface area contributed by atoms with Crippen molar-refractivity contribution in [3.63, 3.8) is 0 Å². The molecule has 0 spiro atoms. The van der Waals surface area contributed by atoms with E-state index in [0.717, 1.165) is 42.0 Å². The largest absolute Gasteiger partial charge is 0.494 e. The number of nitrogens with zero attached hydrogens (tertiary/aromatic N) is 1. The molecule has 0 saturated heterocycles. The molecule has 4 nitrogen and oxygen atoms in total. The number of rotatable bonds is 6. The number of anilines is 1. The van der Waals surface area contributed by atoms with Crippen LogP contribution >= 0.6 is 0 Å². The highest BCUT2D eigenvalue weighted by atomic mass is 16.5. The maximum atomic E-state index is 13.1. The van der Waals surface area contributed by atoms with Crippen LogP contribution in [0.4, 0.5) is 5.69 Å². The molecule has 0 bridgehead atoms. The van der Waals surface area contributed by atoms with E-state index in [0.29, 0.717) is 6.61 Å².